The van der Waals surface area contributed by atoms with Crippen molar-refractivity contribution in [3.63, 3.8) is 0 Å². The maximum absolute atomic E-state index is 11.2. The average Bonchev–Trinajstić information content (AvgIpc) is 2.59. The van der Waals surface area contributed by atoms with Crippen molar-refractivity contribution in [3.05, 3.63) is 12.2 Å². The fourth-order valence-corrected chi connectivity index (χ4v) is 1.37. The smallest absolute Gasteiger partial charge is 0.253 e. The van der Waals surface area contributed by atoms with Crippen molar-refractivity contribution in [2.24, 2.45) is 0 Å². The summed E-state index contributed by atoms with van der Waals surface area (Å²) < 4.78 is 10.1. The van der Waals surface area contributed by atoms with Crippen LogP contribution < -0.4 is 0 Å². The molecular weight excluding hydrogens is 210 g/mol. The minimum absolute atomic E-state index is 0.217. The number of rotatable bonds is 8. The summed E-state index contributed by atoms with van der Waals surface area (Å²) in [6.45, 7) is 2.28. The number of unbranched alkanes of at least 4 members (excludes halogenated alkanes) is 1. The zero-order valence-electron chi connectivity index (χ0n) is 9.48. The number of carbonyl (C=O) groups excluding carboxylic acids is 2. The van der Waals surface area contributed by atoms with E-state index in [4.69, 9.17) is 9.47 Å². The predicted octanol–water partition coefficient (Wildman–Crippen LogP) is 0.355. The van der Waals surface area contributed by atoms with Gasteiger partial charge in [-0.25, -0.2) is 0 Å². The second-order valence-electron chi connectivity index (χ2n) is 3.47. The number of hydrogen-bond acceptors (Lipinski definition) is 4. The third kappa shape index (κ3) is 4.12. The molecule has 0 aromatic heterocycles. The van der Waals surface area contributed by atoms with E-state index in [1.807, 2.05) is 0 Å². The van der Waals surface area contributed by atoms with E-state index in [0.29, 0.717) is 26.4 Å². The maximum Gasteiger partial charge on any atom is 0.253 e. The standard InChI is InChI=1S/C11H17NO4/c1-15-8-9-16-7-3-2-6-12-10(13)4-5-11(12)14/h4-5H,2-3,6-9H2,1H3. The summed E-state index contributed by atoms with van der Waals surface area (Å²) in [7, 11) is 1.63. The topological polar surface area (TPSA) is 55.8 Å². The van der Waals surface area contributed by atoms with E-state index in [-0.39, 0.29) is 11.8 Å². The average molecular weight is 227 g/mol. The van der Waals surface area contributed by atoms with Crippen molar-refractivity contribution >= 4 is 11.8 Å². The van der Waals surface area contributed by atoms with Crippen LogP contribution in [-0.2, 0) is 19.1 Å². The molecule has 16 heavy (non-hydrogen) atoms. The number of carbonyl (C=O) groups is 2. The molecule has 5 nitrogen and oxygen atoms in total. The molecule has 2 amide bonds. The molecule has 0 N–H and O–H groups in total. The molecular formula is C11H17NO4. The van der Waals surface area contributed by atoms with Gasteiger partial charge in [-0.05, 0) is 12.8 Å². The summed E-state index contributed by atoms with van der Waals surface area (Å²) in [6.07, 6.45) is 4.21. The Morgan fingerprint density at radius 1 is 1.06 bits per heavy atom. The number of amides is 2. The lowest BCUT2D eigenvalue weighted by Crippen LogP contribution is -2.31. The maximum atomic E-state index is 11.2. The Hall–Kier alpha value is -1.20. The van der Waals surface area contributed by atoms with Gasteiger partial charge >= 0.3 is 0 Å². The fraction of sp³-hybridized carbons (Fsp3) is 0.636. The van der Waals surface area contributed by atoms with Crippen molar-refractivity contribution in [2.75, 3.05) is 33.5 Å². The van der Waals surface area contributed by atoms with E-state index >= 15 is 0 Å². The third-order valence-electron chi connectivity index (χ3n) is 2.25. The van der Waals surface area contributed by atoms with E-state index in [9.17, 15) is 9.59 Å². The van der Waals surface area contributed by atoms with Crippen molar-refractivity contribution < 1.29 is 19.1 Å². The van der Waals surface area contributed by atoms with Gasteiger partial charge in [0.2, 0.25) is 0 Å². The molecule has 0 saturated heterocycles. The van der Waals surface area contributed by atoms with Crippen LogP contribution in [0.15, 0.2) is 12.2 Å². The highest BCUT2D eigenvalue weighted by Gasteiger charge is 2.21. The summed E-state index contributed by atoms with van der Waals surface area (Å²) in [6, 6.07) is 0. The van der Waals surface area contributed by atoms with Gasteiger partial charge in [0.05, 0.1) is 13.2 Å². The summed E-state index contributed by atoms with van der Waals surface area (Å²) >= 11 is 0. The first-order valence-corrected chi connectivity index (χ1v) is 5.36. The van der Waals surface area contributed by atoms with Crippen molar-refractivity contribution in [1.29, 1.82) is 0 Å². The summed E-state index contributed by atoms with van der Waals surface area (Å²) in [5, 5.41) is 0. The highest BCUT2D eigenvalue weighted by Crippen LogP contribution is 2.05. The van der Waals surface area contributed by atoms with E-state index in [0.717, 1.165) is 12.8 Å². The molecule has 0 radical (unpaired) electrons. The van der Waals surface area contributed by atoms with Crippen LogP contribution in [0.3, 0.4) is 0 Å². The minimum atomic E-state index is -0.217. The van der Waals surface area contributed by atoms with Crippen LogP contribution in [0, 0.1) is 0 Å². The van der Waals surface area contributed by atoms with Crippen LogP contribution in [0.2, 0.25) is 0 Å². The Labute approximate surface area is 95.0 Å². The number of ether oxygens (including phenoxy) is 2. The molecule has 1 aliphatic heterocycles. The SMILES string of the molecule is COCCOCCCCN1C(=O)C=CC1=O. The lowest BCUT2D eigenvalue weighted by atomic mass is 10.3. The van der Waals surface area contributed by atoms with Gasteiger partial charge in [-0.3, -0.25) is 14.5 Å². The molecule has 0 spiro atoms. The molecule has 1 aliphatic rings. The Morgan fingerprint density at radius 2 is 1.75 bits per heavy atom. The first kappa shape index (κ1) is 12.9. The van der Waals surface area contributed by atoms with Crippen molar-refractivity contribution in [3.8, 4) is 0 Å². The third-order valence-corrected chi connectivity index (χ3v) is 2.25. The molecule has 0 aliphatic carbocycles. The molecule has 1 rings (SSSR count). The Balaban J connectivity index is 1.99. The molecule has 90 valence electrons. The lowest BCUT2D eigenvalue weighted by molar-refractivity contribution is -0.136. The monoisotopic (exact) mass is 227 g/mol. The van der Waals surface area contributed by atoms with Gasteiger partial charge in [0.25, 0.3) is 11.8 Å². The zero-order valence-corrected chi connectivity index (χ0v) is 9.48. The molecule has 1 heterocycles. The van der Waals surface area contributed by atoms with Crippen molar-refractivity contribution in [2.45, 2.75) is 12.8 Å². The van der Waals surface area contributed by atoms with Crippen molar-refractivity contribution in [1.82, 2.24) is 4.90 Å². The van der Waals surface area contributed by atoms with Crippen LogP contribution in [0.25, 0.3) is 0 Å². The number of nitrogens with zero attached hydrogens (tertiary/aromatic N) is 1. The Kier molecular flexibility index (Phi) is 5.74. The van der Waals surface area contributed by atoms with Gasteiger partial charge < -0.3 is 9.47 Å². The van der Waals surface area contributed by atoms with E-state index in [2.05, 4.69) is 0 Å². The van der Waals surface area contributed by atoms with E-state index < -0.39 is 0 Å². The quantitative estimate of drug-likeness (QED) is 0.443. The van der Waals surface area contributed by atoms with Gasteiger partial charge in [0.15, 0.2) is 0 Å². The van der Waals surface area contributed by atoms with Crippen LogP contribution in [0.1, 0.15) is 12.8 Å². The number of imide groups is 1. The molecule has 0 atom stereocenters. The lowest BCUT2D eigenvalue weighted by Gasteiger charge is -2.13. The molecule has 0 aromatic rings. The zero-order chi connectivity index (χ0) is 11.8. The first-order valence-electron chi connectivity index (χ1n) is 5.36. The molecule has 0 unspecified atom stereocenters. The van der Waals surface area contributed by atoms with Crippen LogP contribution in [-0.4, -0.2) is 50.2 Å². The van der Waals surface area contributed by atoms with E-state index in [1.54, 1.807) is 7.11 Å². The highest BCUT2D eigenvalue weighted by atomic mass is 16.5. The molecule has 0 saturated carbocycles. The van der Waals surface area contributed by atoms with Crippen LogP contribution >= 0.6 is 0 Å². The predicted molar refractivity (Wildman–Crippen MR) is 57.8 cm³/mol. The summed E-state index contributed by atoms with van der Waals surface area (Å²) in [5.41, 5.74) is 0. The fourth-order valence-electron chi connectivity index (χ4n) is 1.37. The van der Waals surface area contributed by atoms with Crippen LogP contribution in [0.4, 0.5) is 0 Å². The molecule has 0 bridgehead atoms. The molecule has 0 fully saturated rings. The number of methoxy groups -OCH3 is 1. The Morgan fingerprint density at radius 3 is 2.38 bits per heavy atom. The summed E-state index contributed by atoms with van der Waals surface area (Å²) in [5.74, 6) is -0.435. The molecule has 0 aromatic carbocycles. The van der Waals surface area contributed by atoms with Gasteiger partial charge in [-0.15, -0.1) is 0 Å². The number of hydrogen-bond donors (Lipinski definition) is 0. The first-order chi connectivity index (χ1) is 7.75. The van der Waals surface area contributed by atoms with E-state index in [1.165, 1.54) is 17.1 Å². The van der Waals surface area contributed by atoms with Gasteiger partial charge in [0.1, 0.15) is 0 Å². The Bertz CT molecular complexity index is 257. The largest absolute Gasteiger partial charge is 0.382 e. The van der Waals surface area contributed by atoms with Crippen LogP contribution in [0.5, 0.6) is 0 Å². The van der Waals surface area contributed by atoms with Gasteiger partial charge in [0, 0.05) is 32.4 Å². The second-order valence-corrected chi connectivity index (χ2v) is 3.47. The second kappa shape index (κ2) is 7.14. The summed E-state index contributed by atoms with van der Waals surface area (Å²) in [4.78, 5) is 23.6. The molecule has 5 heteroatoms. The van der Waals surface area contributed by atoms with Gasteiger partial charge in [-0.1, -0.05) is 0 Å². The van der Waals surface area contributed by atoms with Gasteiger partial charge in [-0.2, -0.15) is 0 Å². The minimum Gasteiger partial charge on any atom is -0.382 e. The highest BCUT2D eigenvalue weighted by molar-refractivity contribution is 6.12. The normalized spacial score (nSPS) is 15.2.